The number of hydrogen-bond acceptors (Lipinski definition) is 6. The van der Waals surface area contributed by atoms with Crippen LogP contribution in [0.5, 0.6) is 0 Å². The van der Waals surface area contributed by atoms with E-state index in [1.54, 1.807) is 4.57 Å². The van der Waals surface area contributed by atoms with Crippen LogP contribution in [0.15, 0.2) is 18.6 Å². The highest BCUT2D eigenvalue weighted by Gasteiger charge is 2.44. The summed E-state index contributed by atoms with van der Waals surface area (Å²) >= 11 is 0. The minimum Gasteiger partial charge on any atom is -0.394 e. The molecule has 4 rings (SSSR count). The summed E-state index contributed by atoms with van der Waals surface area (Å²) in [6, 6.07) is 1.91. The molecule has 1 aliphatic heterocycles. The summed E-state index contributed by atoms with van der Waals surface area (Å²) in [4.78, 5) is 8.60. The number of aryl methyl sites for hydroxylation is 2. The maximum absolute atomic E-state index is 10.4. The van der Waals surface area contributed by atoms with E-state index in [1.165, 1.54) is 6.33 Å². The minimum absolute atomic E-state index is 0.361. The largest absolute Gasteiger partial charge is 0.394 e. The van der Waals surface area contributed by atoms with E-state index >= 15 is 0 Å². The Morgan fingerprint density at radius 3 is 2.74 bits per heavy atom. The Morgan fingerprint density at radius 1 is 1.26 bits per heavy atom. The maximum Gasteiger partial charge on any atom is 0.165 e. The van der Waals surface area contributed by atoms with Crippen LogP contribution in [-0.4, -0.2) is 59.3 Å². The van der Waals surface area contributed by atoms with Crippen molar-refractivity contribution in [2.24, 2.45) is 7.05 Å². The molecule has 8 heteroatoms. The van der Waals surface area contributed by atoms with Gasteiger partial charge in [0.15, 0.2) is 6.23 Å². The molecule has 0 amide bonds. The topological polar surface area (TPSA) is 106 Å². The van der Waals surface area contributed by atoms with Gasteiger partial charge in [0.25, 0.3) is 0 Å². The molecule has 0 radical (unpaired) electrons. The van der Waals surface area contributed by atoms with Crippen molar-refractivity contribution in [1.29, 1.82) is 0 Å². The quantitative estimate of drug-likeness (QED) is 0.606. The Balaban J connectivity index is 2.01. The van der Waals surface area contributed by atoms with Crippen molar-refractivity contribution >= 4 is 22.1 Å². The van der Waals surface area contributed by atoms with E-state index in [0.29, 0.717) is 5.65 Å². The summed E-state index contributed by atoms with van der Waals surface area (Å²) < 4.78 is 9.42. The van der Waals surface area contributed by atoms with Crippen LogP contribution in [0.4, 0.5) is 0 Å². The highest BCUT2D eigenvalue weighted by atomic mass is 16.6. The van der Waals surface area contributed by atoms with Crippen LogP contribution in [0.3, 0.4) is 0 Å². The fourth-order valence-electron chi connectivity index (χ4n) is 3.40. The molecule has 4 unspecified atom stereocenters. The van der Waals surface area contributed by atoms with E-state index in [0.717, 1.165) is 22.1 Å². The van der Waals surface area contributed by atoms with Gasteiger partial charge in [0, 0.05) is 13.2 Å². The smallest absolute Gasteiger partial charge is 0.165 e. The monoisotopic (exact) mass is 318 g/mol. The van der Waals surface area contributed by atoms with Crippen molar-refractivity contribution < 1.29 is 20.1 Å². The molecule has 4 heterocycles. The Hall–Kier alpha value is -2.00. The van der Waals surface area contributed by atoms with Gasteiger partial charge in [-0.05, 0) is 13.0 Å². The number of fused-ring (bicyclic) bond motifs is 3. The number of ether oxygens (including phenoxy) is 1. The van der Waals surface area contributed by atoms with Crippen molar-refractivity contribution in [3.8, 4) is 0 Å². The summed E-state index contributed by atoms with van der Waals surface area (Å²) in [5, 5.41) is 30.6. The number of hydrogen-bond donors (Lipinski definition) is 3. The molecular weight excluding hydrogens is 300 g/mol. The summed E-state index contributed by atoms with van der Waals surface area (Å²) in [5.41, 5.74) is 3.23. The highest BCUT2D eigenvalue weighted by molar-refractivity contribution is 6.06. The van der Waals surface area contributed by atoms with Gasteiger partial charge in [-0.3, -0.25) is 4.57 Å². The molecule has 1 saturated heterocycles. The highest BCUT2D eigenvalue weighted by Crippen LogP contribution is 2.37. The molecule has 23 heavy (non-hydrogen) atoms. The second-order valence-corrected chi connectivity index (χ2v) is 5.92. The molecule has 3 aromatic heterocycles. The number of aliphatic hydroxyl groups excluding tert-OH is 3. The molecule has 8 nitrogen and oxygen atoms in total. The lowest BCUT2D eigenvalue weighted by Crippen LogP contribution is -2.33. The van der Waals surface area contributed by atoms with E-state index in [-0.39, 0.29) is 6.61 Å². The second kappa shape index (κ2) is 5.00. The van der Waals surface area contributed by atoms with Crippen molar-refractivity contribution in [1.82, 2.24) is 19.1 Å². The van der Waals surface area contributed by atoms with Gasteiger partial charge in [0.2, 0.25) is 0 Å². The molecule has 4 atom stereocenters. The second-order valence-electron chi connectivity index (χ2n) is 5.92. The van der Waals surface area contributed by atoms with Gasteiger partial charge in [-0.15, -0.1) is 0 Å². The summed E-state index contributed by atoms with van der Waals surface area (Å²) in [6.07, 6.45) is -0.568. The van der Waals surface area contributed by atoms with Gasteiger partial charge in [-0.1, -0.05) is 0 Å². The lowest BCUT2D eigenvalue weighted by molar-refractivity contribution is -0.0489. The Bertz CT molecular complexity index is 886. The van der Waals surface area contributed by atoms with Crippen molar-refractivity contribution in [2.45, 2.75) is 31.5 Å². The van der Waals surface area contributed by atoms with E-state index in [4.69, 9.17) is 4.74 Å². The summed E-state index contributed by atoms with van der Waals surface area (Å²) in [6.45, 7) is 1.54. The average molecular weight is 318 g/mol. The van der Waals surface area contributed by atoms with E-state index in [9.17, 15) is 15.3 Å². The van der Waals surface area contributed by atoms with Gasteiger partial charge in [-0.25, -0.2) is 9.97 Å². The zero-order valence-corrected chi connectivity index (χ0v) is 12.8. The minimum atomic E-state index is -1.15. The maximum atomic E-state index is 10.4. The van der Waals surface area contributed by atoms with Crippen LogP contribution in [0, 0.1) is 6.92 Å². The third-order valence-corrected chi connectivity index (χ3v) is 4.56. The zero-order valence-electron chi connectivity index (χ0n) is 12.8. The Kier molecular flexibility index (Phi) is 3.17. The molecule has 122 valence electrons. The third kappa shape index (κ3) is 1.86. The van der Waals surface area contributed by atoms with Crippen LogP contribution in [0.2, 0.25) is 0 Å². The van der Waals surface area contributed by atoms with E-state index in [2.05, 4.69) is 9.97 Å². The van der Waals surface area contributed by atoms with E-state index in [1.807, 2.05) is 30.8 Å². The zero-order chi connectivity index (χ0) is 16.3. The average Bonchev–Trinajstić information content (AvgIpc) is 3.15. The standard InChI is InChI=1S/C15H18N4O4/c1-7-10-11-8(3-4-18(11)2)19(14(10)17-6-16-7)15-13(22)12(21)9(5-20)23-15/h3-4,6,9,12-13,15,20-22H,5H2,1-2H3. The normalized spacial score (nSPS) is 28.2. The molecule has 0 spiro atoms. The fraction of sp³-hybridized carbons (Fsp3) is 0.467. The van der Waals surface area contributed by atoms with E-state index < -0.39 is 24.5 Å². The molecular formula is C15H18N4O4. The van der Waals surface area contributed by atoms with Crippen LogP contribution >= 0.6 is 0 Å². The molecule has 3 aromatic rings. The molecule has 0 aliphatic carbocycles. The fourth-order valence-corrected chi connectivity index (χ4v) is 3.40. The van der Waals surface area contributed by atoms with Crippen molar-refractivity contribution in [3.63, 3.8) is 0 Å². The lowest BCUT2D eigenvalue weighted by atomic mass is 10.1. The van der Waals surface area contributed by atoms with Gasteiger partial charge in [0.05, 0.1) is 28.7 Å². The first-order valence-corrected chi connectivity index (χ1v) is 7.43. The van der Waals surface area contributed by atoms with Crippen LogP contribution in [-0.2, 0) is 11.8 Å². The Morgan fingerprint density at radius 2 is 2.04 bits per heavy atom. The van der Waals surface area contributed by atoms with Crippen LogP contribution in [0.25, 0.3) is 22.1 Å². The number of nitrogens with zero attached hydrogens (tertiary/aromatic N) is 4. The number of aliphatic hydroxyl groups is 3. The molecule has 3 N–H and O–H groups in total. The predicted octanol–water partition coefficient (Wildman–Crippen LogP) is -0.157. The number of rotatable bonds is 2. The molecule has 0 bridgehead atoms. The first-order valence-electron chi connectivity index (χ1n) is 7.43. The SMILES string of the molecule is Cc1ncnc2c1c1c(ccn1C)n2C1OC(CO)C(O)C1O. The van der Waals surface area contributed by atoms with Crippen molar-refractivity contribution in [3.05, 3.63) is 24.3 Å². The molecule has 1 aliphatic rings. The first-order chi connectivity index (χ1) is 11.0. The molecule has 1 fully saturated rings. The summed E-state index contributed by atoms with van der Waals surface area (Å²) in [5.74, 6) is 0. The van der Waals surface area contributed by atoms with Crippen LogP contribution < -0.4 is 0 Å². The van der Waals surface area contributed by atoms with Crippen molar-refractivity contribution in [2.75, 3.05) is 6.61 Å². The van der Waals surface area contributed by atoms with Gasteiger partial charge >= 0.3 is 0 Å². The predicted molar refractivity (Wildman–Crippen MR) is 81.8 cm³/mol. The summed E-state index contributed by atoms with van der Waals surface area (Å²) in [7, 11) is 1.93. The van der Waals surface area contributed by atoms with Gasteiger partial charge < -0.3 is 24.6 Å². The lowest BCUT2D eigenvalue weighted by Gasteiger charge is -2.18. The van der Waals surface area contributed by atoms with Crippen LogP contribution in [0.1, 0.15) is 11.9 Å². The number of aromatic nitrogens is 4. The Labute approximate surface area is 131 Å². The molecule has 0 saturated carbocycles. The van der Waals surface area contributed by atoms with Gasteiger partial charge in [0.1, 0.15) is 30.3 Å². The first kappa shape index (κ1) is 14.6. The third-order valence-electron chi connectivity index (χ3n) is 4.56. The molecule has 0 aromatic carbocycles. The van der Waals surface area contributed by atoms with Gasteiger partial charge in [-0.2, -0.15) is 0 Å².